The molecule has 0 unspecified atom stereocenters. The van der Waals surface area contributed by atoms with Crippen molar-refractivity contribution in [2.24, 2.45) is 0 Å². The van der Waals surface area contributed by atoms with Crippen molar-refractivity contribution in [2.75, 3.05) is 24.4 Å². The number of hydrogen-bond donors (Lipinski definition) is 1. The summed E-state index contributed by atoms with van der Waals surface area (Å²) in [5.74, 6) is 2.04. The van der Waals surface area contributed by atoms with E-state index < -0.39 is 0 Å². The standard InChI is InChI=1S/C11H19N3S2/c1-4-5-6-7-16-10-8-9(12-2)13-11(14-10)15-3/h8H,4-7H2,1-3H3,(H,12,13,14). The lowest BCUT2D eigenvalue weighted by Crippen LogP contribution is -1.97. The lowest BCUT2D eigenvalue weighted by molar-refractivity contribution is 0.777. The summed E-state index contributed by atoms with van der Waals surface area (Å²) in [5, 5.41) is 4.97. The largest absolute Gasteiger partial charge is 0.373 e. The highest BCUT2D eigenvalue weighted by Gasteiger charge is 2.03. The molecule has 0 aliphatic heterocycles. The van der Waals surface area contributed by atoms with Gasteiger partial charge in [0.05, 0.1) is 0 Å². The summed E-state index contributed by atoms with van der Waals surface area (Å²) in [6.07, 6.45) is 5.82. The second-order valence-electron chi connectivity index (χ2n) is 3.38. The molecule has 0 aliphatic carbocycles. The Labute approximate surface area is 106 Å². The molecule has 1 N–H and O–H groups in total. The first-order valence-electron chi connectivity index (χ1n) is 5.53. The van der Waals surface area contributed by atoms with E-state index in [1.807, 2.05) is 31.1 Å². The van der Waals surface area contributed by atoms with Crippen LogP contribution in [-0.4, -0.2) is 29.0 Å². The Kier molecular flexibility index (Phi) is 6.64. The second-order valence-corrected chi connectivity index (χ2v) is 5.27. The molecule has 1 aromatic heterocycles. The summed E-state index contributed by atoms with van der Waals surface area (Å²) in [7, 11) is 1.89. The molecular formula is C11H19N3S2. The summed E-state index contributed by atoms with van der Waals surface area (Å²) in [5.41, 5.74) is 0. The van der Waals surface area contributed by atoms with Crippen molar-refractivity contribution >= 4 is 29.3 Å². The number of anilines is 1. The van der Waals surface area contributed by atoms with Gasteiger partial charge in [0.2, 0.25) is 0 Å². The van der Waals surface area contributed by atoms with Crippen molar-refractivity contribution in [3.05, 3.63) is 6.07 Å². The van der Waals surface area contributed by atoms with E-state index in [0.717, 1.165) is 21.8 Å². The first-order chi connectivity index (χ1) is 7.80. The summed E-state index contributed by atoms with van der Waals surface area (Å²) in [6, 6.07) is 2.01. The zero-order valence-corrected chi connectivity index (χ0v) is 11.7. The monoisotopic (exact) mass is 257 g/mol. The average Bonchev–Trinajstić information content (AvgIpc) is 2.34. The molecule has 0 aliphatic rings. The highest BCUT2D eigenvalue weighted by Crippen LogP contribution is 2.22. The Hall–Kier alpha value is -0.420. The fraction of sp³-hybridized carbons (Fsp3) is 0.636. The first kappa shape index (κ1) is 13.6. The highest BCUT2D eigenvalue weighted by atomic mass is 32.2. The van der Waals surface area contributed by atoms with Crippen LogP contribution >= 0.6 is 23.5 Å². The molecule has 0 aromatic carbocycles. The van der Waals surface area contributed by atoms with E-state index in [0.29, 0.717) is 0 Å². The van der Waals surface area contributed by atoms with Gasteiger partial charge in [0, 0.05) is 13.1 Å². The summed E-state index contributed by atoms with van der Waals surface area (Å²) in [4.78, 5) is 8.81. The van der Waals surface area contributed by atoms with E-state index in [1.165, 1.54) is 19.3 Å². The number of aromatic nitrogens is 2. The Balaban J connectivity index is 2.57. The highest BCUT2D eigenvalue weighted by molar-refractivity contribution is 7.99. The van der Waals surface area contributed by atoms with Gasteiger partial charge in [-0.05, 0) is 18.4 Å². The molecule has 1 aromatic rings. The Morgan fingerprint density at radius 1 is 1.31 bits per heavy atom. The third kappa shape index (κ3) is 4.61. The van der Waals surface area contributed by atoms with Gasteiger partial charge in [0.15, 0.2) is 5.16 Å². The van der Waals surface area contributed by atoms with Gasteiger partial charge in [0.1, 0.15) is 10.8 Å². The lowest BCUT2D eigenvalue weighted by Gasteiger charge is -2.05. The molecule has 0 bridgehead atoms. The molecule has 16 heavy (non-hydrogen) atoms. The number of nitrogens with one attached hydrogen (secondary N) is 1. The maximum absolute atomic E-state index is 4.47. The summed E-state index contributed by atoms with van der Waals surface area (Å²) >= 11 is 3.40. The third-order valence-electron chi connectivity index (χ3n) is 2.12. The Morgan fingerprint density at radius 2 is 2.12 bits per heavy atom. The van der Waals surface area contributed by atoms with E-state index in [4.69, 9.17) is 0 Å². The van der Waals surface area contributed by atoms with E-state index in [2.05, 4.69) is 22.2 Å². The van der Waals surface area contributed by atoms with Crippen LogP contribution in [-0.2, 0) is 0 Å². The quantitative estimate of drug-likeness (QED) is 0.350. The number of hydrogen-bond acceptors (Lipinski definition) is 5. The van der Waals surface area contributed by atoms with Crippen molar-refractivity contribution in [1.29, 1.82) is 0 Å². The zero-order chi connectivity index (χ0) is 11.8. The zero-order valence-electron chi connectivity index (χ0n) is 10.1. The van der Waals surface area contributed by atoms with Crippen molar-refractivity contribution in [3.63, 3.8) is 0 Å². The predicted octanol–water partition coefficient (Wildman–Crippen LogP) is 3.52. The molecule has 0 saturated heterocycles. The predicted molar refractivity (Wildman–Crippen MR) is 73.6 cm³/mol. The number of unbranched alkanes of at least 4 members (excludes halogenated alkanes) is 2. The van der Waals surface area contributed by atoms with Crippen molar-refractivity contribution < 1.29 is 0 Å². The summed E-state index contributed by atoms with van der Waals surface area (Å²) in [6.45, 7) is 2.22. The van der Waals surface area contributed by atoms with Gasteiger partial charge in [0.25, 0.3) is 0 Å². The molecule has 0 atom stereocenters. The molecule has 0 fully saturated rings. The normalized spacial score (nSPS) is 10.4. The Morgan fingerprint density at radius 3 is 2.75 bits per heavy atom. The summed E-state index contributed by atoms with van der Waals surface area (Å²) < 4.78 is 0. The van der Waals surface area contributed by atoms with E-state index in [9.17, 15) is 0 Å². The average molecular weight is 257 g/mol. The molecule has 5 heteroatoms. The van der Waals surface area contributed by atoms with Crippen LogP contribution in [0.25, 0.3) is 0 Å². The second kappa shape index (κ2) is 7.79. The minimum atomic E-state index is 0.838. The van der Waals surface area contributed by atoms with Gasteiger partial charge in [-0.25, -0.2) is 9.97 Å². The van der Waals surface area contributed by atoms with Gasteiger partial charge in [-0.3, -0.25) is 0 Å². The van der Waals surface area contributed by atoms with Crippen molar-refractivity contribution in [3.8, 4) is 0 Å². The van der Waals surface area contributed by atoms with Gasteiger partial charge in [-0.2, -0.15) is 0 Å². The fourth-order valence-corrected chi connectivity index (χ4v) is 2.57. The minimum Gasteiger partial charge on any atom is -0.373 e. The van der Waals surface area contributed by atoms with E-state index in [1.54, 1.807) is 11.8 Å². The number of rotatable bonds is 7. The fourth-order valence-electron chi connectivity index (χ4n) is 1.23. The van der Waals surface area contributed by atoms with Gasteiger partial charge >= 0.3 is 0 Å². The minimum absolute atomic E-state index is 0.838. The van der Waals surface area contributed by atoms with Crippen LogP contribution < -0.4 is 5.32 Å². The van der Waals surface area contributed by atoms with Gasteiger partial charge < -0.3 is 5.32 Å². The van der Waals surface area contributed by atoms with Crippen LogP contribution in [0.4, 0.5) is 5.82 Å². The van der Waals surface area contributed by atoms with Crippen LogP contribution in [0.2, 0.25) is 0 Å². The van der Waals surface area contributed by atoms with Crippen LogP contribution in [0.5, 0.6) is 0 Å². The van der Waals surface area contributed by atoms with Crippen LogP contribution in [0.15, 0.2) is 16.2 Å². The molecule has 0 radical (unpaired) electrons. The van der Waals surface area contributed by atoms with Crippen LogP contribution in [0, 0.1) is 0 Å². The van der Waals surface area contributed by atoms with Gasteiger partial charge in [-0.15, -0.1) is 11.8 Å². The van der Waals surface area contributed by atoms with E-state index >= 15 is 0 Å². The van der Waals surface area contributed by atoms with Crippen LogP contribution in [0.1, 0.15) is 26.2 Å². The lowest BCUT2D eigenvalue weighted by atomic mass is 10.3. The molecule has 1 heterocycles. The number of nitrogens with zero attached hydrogens (tertiary/aromatic N) is 2. The molecule has 3 nitrogen and oxygen atoms in total. The maximum Gasteiger partial charge on any atom is 0.190 e. The third-order valence-corrected chi connectivity index (χ3v) is 3.66. The molecule has 1 rings (SSSR count). The molecule has 90 valence electrons. The topological polar surface area (TPSA) is 37.8 Å². The van der Waals surface area contributed by atoms with E-state index in [-0.39, 0.29) is 0 Å². The Bertz CT molecular complexity index is 296. The smallest absolute Gasteiger partial charge is 0.190 e. The molecule has 0 saturated carbocycles. The van der Waals surface area contributed by atoms with Crippen molar-refractivity contribution in [1.82, 2.24) is 9.97 Å². The van der Waals surface area contributed by atoms with Crippen LogP contribution in [0.3, 0.4) is 0 Å². The first-order valence-corrected chi connectivity index (χ1v) is 7.74. The maximum atomic E-state index is 4.47. The molecule has 0 amide bonds. The van der Waals surface area contributed by atoms with Crippen molar-refractivity contribution in [2.45, 2.75) is 36.4 Å². The molecular weight excluding hydrogens is 238 g/mol. The van der Waals surface area contributed by atoms with Gasteiger partial charge in [-0.1, -0.05) is 31.5 Å². The number of thioether (sulfide) groups is 2. The molecule has 0 spiro atoms. The SMILES string of the molecule is CCCCCSc1cc(NC)nc(SC)n1.